The summed E-state index contributed by atoms with van der Waals surface area (Å²) >= 11 is 0. The molecule has 0 N–H and O–H groups in total. The van der Waals surface area contributed by atoms with E-state index in [0.29, 0.717) is 0 Å². The van der Waals surface area contributed by atoms with E-state index in [4.69, 9.17) is 0 Å². The Balaban J connectivity index is 0. The Kier molecular flexibility index (Phi) is 3810. The van der Waals surface area contributed by atoms with Gasteiger partial charge < -0.3 is 27.4 Å². The third kappa shape index (κ3) is 128. The molecule has 0 aromatic rings. The van der Waals surface area contributed by atoms with Crippen molar-refractivity contribution >= 4 is 0 Å². The molecule has 0 aliphatic carbocycles. The van der Waals surface area contributed by atoms with Crippen LogP contribution in [-0.2, 0) is 108 Å². The molecule has 0 bridgehead atoms. The van der Waals surface area contributed by atoms with Gasteiger partial charge in [0.05, 0.1) is 0 Å². The molecule has 9 heavy (non-hydrogen) atoms. The third-order valence-corrected chi connectivity index (χ3v) is 0. The van der Waals surface area contributed by atoms with Gasteiger partial charge in [0.1, 0.15) is 0 Å². The van der Waals surface area contributed by atoms with Gasteiger partial charge >= 0.3 is 0 Å². The van der Waals surface area contributed by atoms with E-state index in [9.17, 15) is 0 Å². The van der Waals surface area contributed by atoms with Crippen molar-refractivity contribution in [2.24, 2.45) is 0 Å². The maximum Gasteiger partial charge on any atom is 0 e. The zero-order chi connectivity index (χ0) is 0. The third-order valence-electron chi connectivity index (χ3n) is 0. The minimum Gasteiger partial charge on any atom is -2.00 e. The van der Waals surface area contributed by atoms with Crippen LogP contribution in [0.1, 0.15) is 0 Å². The fourth-order valence-electron chi connectivity index (χ4n) is 0. The molecule has 0 heterocycles. The predicted molar refractivity (Wildman–Crippen MR) is 3.43 cm³/mol. The van der Waals surface area contributed by atoms with E-state index in [1.165, 1.54) is 0 Å². The van der Waals surface area contributed by atoms with Crippen LogP contribution in [-0.4, -0.2) is 0 Å². The molecule has 0 saturated heterocycles. The van der Waals surface area contributed by atoms with E-state index in [-0.39, 0.29) is 108 Å². The normalized spacial score (nSPS) is 0. The molecule has 0 unspecified atom stereocenters. The standard InChI is InChI=1S/5O.2Ti.2V/q5*-2;;;;. The number of rotatable bonds is 0. The van der Waals surface area contributed by atoms with Crippen molar-refractivity contribution in [3.05, 3.63) is 0 Å². The van der Waals surface area contributed by atoms with Crippen LogP contribution in [0.2, 0.25) is 0 Å². The summed E-state index contributed by atoms with van der Waals surface area (Å²) in [5.41, 5.74) is 0. The molecule has 2 radical (unpaired) electrons. The molecule has 0 fully saturated rings. The van der Waals surface area contributed by atoms with Gasteiger partial charge in [0, 0.05) is 80.5 Å². The molecule has 58 valence electrons. The molecule has 0 spiro atoms. The Hall–Kier alpha value is 2.40. The van der Waals surface area contributed by atoms with Crippen LogP contribution in [0.15, 0.2) is 0 Å². The summed E-state index contributed by atoms with van der Waals surface area (Å²) in [6, 6.07) is 0. The second-order valence-electron chi connectivity index (χ2n) is 0. The van der Waals surface area contributed by atoms with Crippen molar-refractivity contribution in [2.75, 3.05) is 0 Å². The first-order valence-electron chi connectivity index (χ1n) is 0. The van der Waals surface area contributed by atoms with Gasteiger partial charge in [-0.25, -0.2) is 0 Å². The van der Waals surface area contributed by atoms with E-state index in [1.54, 1.807) is 0 Å². The molecule has 0 aliphatic rings. The van der Waals surface area contributed by atoms with Crippen molar-refractivity contribution in [1.29, 1.82) is 0 Å². The molecule has 0 aromatic heterocycles. The second kappa shape index (κ2) is 160. The molecule has 5 nitrogen and oxygen atoms in total. The Labute approximate surface area is 107 Å². The minimum atomic E-state index is 0. The zero-order valence-electron chi connectivity index (χ0n) is 3.94. The Morgan fingerprint density at radius 1 is 0.333 bits per heavy atom. The maximum absolute atomic E-state index is 0. The summed E-state index contributed by atoms with van der Waals surface area (Å²) in [5, 5.41) is 0. The van der Waals surface area contributed by atoms with Gasteiger partial charge in [0.15, 0.2) is 0 Å². The van der Waals surface area contributed by atoms with E-state index < -0.39 is 0 Å². The molecular weight excluding hydrogens is 278 g/mol. The van der Waals surface area contributed by atoms with Crippen LogP contribution in [0.4, 0.5) is 0 Å². The summed E-state index contributed by atoms with van der Waals surface area (Å²) in [4.78, 5) is 0. The van der Waals surface area contributed by atoms with E-state index in [1.807, 2.05) is 0 Å². The monoisotopic (exact) mass is 278 g/mol. The summed E-state index contributed by atoms with van der Waals surface area (Å²) < 4.78 is 0. The van der Waals surface area contributed by atoms with Gasteiger partial charge in [-0.15, -0.1) is 0 Å². The van der Waals surface area contributed by atoms with Crippen molar-refractivity contribution in [2.45, 2.75) is 0 Å². The molecule has 0 amide bonds. The summed E-state index contributed by atoms with van der Waals surface area (Å²) in [5.74, 6) is 0. The molecule has 9 heteroatoms. The van der Waals surface area contributed by atoms with Crippen LogP contribution in [0.5, 0.6) is 0 Å². The Morgan fingerprint density at radius 3 is 0.333 bits per heavy atom. The van der Waals surface area contributed by atoms with Gasteiger partial charge in [-0.3, -0.25) is 0 Å². The van der Waals surface area contributed by atoms with E-state index in [0.717, 1.165) is 0 Å². The van der Waals surface area contributed by atoms with Gasteiger partial charge in [0.2, 0.25) is 0 Å². The summed E-state index contributed by atoms with van der Waals surface area (Å²) in [6.45, 7) is 0. The summed E-state index contributed by atoms with van der Waals surface area (Å²) in [7, 11) is 0. The molecule has 0 rings (SSSR count). The van der Waals surface area contributed by atoms with Gasteiger partial charge in [-0.05, 0) is 0 Å². The van der Waals surface area contributed by atoms with Crippen LogP contribution >= 0.6 is 0 Å². The van der Waals surface area contributed by atoms with Crippen molar-refractivity contribution in [3.63, 3.8) is 0 Å². The van der Waals surface area contributed by atoms with Crippen molar-refractivity contribution in [1.82, 2.24) is 0 Å². The first kappa shape index (κ1) is 214. The molecule has 0 saturated carbocycles. The topological polar surface area (TPSA) is 142 Å². The van der Waals surface area contributed by atoms with Gasteiger partial charge in [-0.2, -0.15) is 0 Å². The molecule has 0 aliphatic heterocycles. The molecule has 0 atom stereocenters. The van der Waals surface area contributed by atoms with Crippen LogP contribution in [0, 0.1) is 0 Å². The zero-order valence-corrected chi connectivity index (χ0v) is 9.85. The average molecular weight is 278 g/mol. The fourth-order valence-corrected chi connectivity index (χ4v) is 0. The van der Waals surface area contributed by atoms with Crippen LogP contribution in [0.3, 0.4) is 0 Å². The fraction of sp³-hybridized carbons (Fsp3) is 0. The van der Waals surface area contributed by atoms with Crippen molar-refractivity contribution < 1.29 is 108 Å². The largest absolute Gasteiger partial charge is 2.00 e. The second-order valence-corrected chi connectivity index (χ2v) is 0. The Morgan fingerprint density at radius 2 is 0.333 bits per heavy atom. The quantitative estimate of drug-likeness (QED) is 0.521. The minimum absolute atomic E-state index is 0. The summed E-state index contributed by atoms with van der Waals surface area (Å²) in [6.07, 6.45) is 0. The van der Waals surface area contributed by atoms with Gasteiger partial charge in [0.25, 0.3) is 0 Å². The van der Waals surface area contributed by atoms with Gasteiger partial charge in [-0.1, -0.05) is 0 Å². The van der Waals surface area contributed by atoms with Crippen LogP contribution in [0.25, 0.3) is 0 Å². The SMILES string of the molecule is [O-2].[O-2].[O-2].[O-2].[O-2].[Ti].[Ti].[V].[V]. The Bertz CT molecular complexity index is 12.9. The molecule has 0 aromatic carbocycles. The average Bonchev–Trinajstić information content (AvgIpc) is 0. The number of hydrogen-bond donors (Lipinski definition) is 0. The smallest absolute Gasteiger partial charge is 0 e. The van der Waals surface area contributed by atoms with Crippen molar-refractivity contribution in [3.8, 4) is 0 Å². The first-order chi connectivity index (χ1) is 0. The maximum atomic E-state index is 0. The molecular formula is O5Ti2V2-10. The van der Waals surface area contributed by atoms with E-state index >= 15 is 0 Å². The predicted octanol–water partition coefficient (Wildman–Crippen LogP) is -0.604. The van der Waals surface area contributed by atoms with Crippen LogP contribution < -0.4 is 0 Å². The first-order valence-corrected chi connectivity index (χ1v) is 0. The number of hydrogen-bond acceptors (Lipinski definition) is 0. The van der Waals surface area contributed by atoms with E-state index in [2.05, 4.69) is 0 Å².